The normalized spacial score (nSPS) is 15.5. The highest BCUT2D eigenvalue weighted by Gasteiger charge is 2.27. The number of aromatic nitrogens is 4. The zero-order valence-corrected chi connectivity index (χ0v) is 34.8. The molecule has 0 saturated carbocycles. The van der Waals surface area contributed by atoms with Gasteiger partial charge in [-0.3, -0.25) is 0 Å². The Morgan fingerprint density at radius 1 is 0.508 bits per heavy atom. The lowest BCUT2D eigenvalue weighted by Crippen LogP contribution is -2.16. The van der Waals surface area contributed by atoms with Crippen molar-refractivity contribution in [3.05, 3.63) is 224 Å². The van der Waals surface area contributed by atoms with E-state index in [0.29, 0.717) is 23.4 Å². The van der Waals surface area contributed by atoms with E-state index < -0.39 is 0 Å². The van der Waals surface area contributed by atoms with Crippen LogP contribution in [0.5, 0.6) is 0 Å². The molecule has 298 valence electrons. The highest BCUT2D eigenvalue weighted by atomic mass is 15.1. The Morgan fingerprint density at radius 2 is 1.19 bits per heavy atom. The average Bonchev–Trinajstić information content (AvgIpc) is 3.67. The van der Waals surface area contributed by atoms with Crippen LogP contribution >= 0.6 is 0 Å². The van der Waals surface area contributed by atoms with Crippen molar-refractivity contribution in [3.8, 4) is 39.9 Å². The summed E-state index contributed by atoms with van der Waals surface area (Å²) in [7, 11) is 0. The van der Waals surface area contributed by atoms with Crippen LogP contribution in [0.15, 0.2) is 218 Å². The van der Waals surface area contributed by atoms with Gasteiger partial charge in [-0.15, -0.1) is 0 Å². The minimum Gasteiger partial charge on any atom is -0.316 e. The van der Waals surface area contributed by atoms with E-state index >= 15 is 0 Å². The number of rotatable bonds is 5. The Hall–Kier alpha value is -8.15. The molecule has 2 aliphatic rings. The zero-order valence-electron chi connectivity index (χ0n) is 34.8. The maximum atomic E-state index is 5.24. The molecule has 63 heavy (non-hydrogen) atoms. The maximum absolute atomic E-state index is 5.24. The molecule has 0 spiro atoms. The molecule has 1 atom stereocenters. The van der Waals surface area contributed by atoms with Gasteiger partial charge in [0.25, 0.3) is 0 Å². The van der Waals surface area contributed by atoms with Gasteiger partial charge in [-0.25, -0.2) is 15.0 Å². The molecule has 0 bridgehead atoms. The van der Waals surface area contributed by atoms with Gasteiger partial charge in [0.2, 0.25) is 0 Å². The number of nitrogens with zero attached hydrogens (tertiary/aromatic N) is 5. The second kappa shape index (κ2) is 14.8. The predicted octanol–water partition coefficient (Wildman–Crippen LogP) is 14.8. The molecular formula is C58H41N5. The first-order chi connectivity index (χ1) is 31.1. The van der Waals surface area contributed by atoms with Crippen LogP contribution in [0.25, 0.3) is 88.8 Å². The van der Waals surface area contributed by atoms with E-state index in [1.807, 2.05) is 18.2 Å². The first-order valence-corrected chi connectivity index (χ1v) is 21.6. The van der Waals surface area contributed by atoms with Crippen molar-refractivity contribution in [2.75, 3.05) is 4.90 Å². The van der Waals surface area contributed by atoms with Gasteiger partial charge in [0.05, 0.1) is 22.4 Å². The zero-order chi connectivity index (χ0) is 42.0. The number of anilines is 2. The van der Waals surface area contributed by atoms with Gasteiger partial charge in [-0.05, 0) is 99.8 Å². The van der Waals surface area contributed by atoms with Crippen molar-refractivity contribution >= 4 is 60.3 Å². The molecule has 12 rings (SSSR count). The number of hydrogen-bond donors (Lipinski definition) is 0. The fraction of sp³-hybridized carbons (Fsp3) is 0.0517. The number of allylic oxidation sites excluding steroid dienone is 6. The Morgan fingerprint density at radius 3 is 2.02 bits per heavy atom. The molecule has 1 aliphatic carbocycles. The Kier molecular flexibility index (Phi) is 8.61. The van der Waals surface area contributed by atoms with Crippen molar-refractivity contribution in [3.63, 3.8) is 0 Å². The fourth-order valence-electron chi connectivity index (χ4n) is 9.66. The molecule has 8 aromatic carbocycles. The van der Waals surface area contributed by atoms with E-state index in [0.717, 1.165) is 73.0 Å². The molecule has 0 fully saturated rings. The summed E-state index contributed by atoms with van der Waals surface area (Å²) in [5.74, 6) is 2.24. The molecule has 0 radical (unpaired) electrons. The summed E-state index contributed by atoms with van der Waals surface area (Å²) in [6.07, 6.45) is 10.1. The van der Waals surface area contributed by atoms with E-state index in [1.54, 1.807) is 0 Å². The summed E-state index contributed by atoms with van der Waals surface area (Å²) in [5, 5.41) is 6.84. The molecule has 1 unspecified atom stereocenters. The number of hydrogen-bond acceptors (Lipinski definition) is 4. The molecule has 3 heterocycles. The van der Waals surface area contributed by atoms with Gasteiger partial charge in [0.15, 0.2) is 17.5 Å². The molecule has 5 nitrogen and oxygen atoms in total. The van der Waals surface area contributed by atoms with E-state index in [4.69, 9.17) is 21.5 Å². The monoisotopic (exact) mass is 807 g/mol. The first kappa shape index (κ1) is 36.7. The predicted molar refractivity (Wildman–Crippen MR) is 262 cm³/mol. The number of para-hydroxylation sites is 2. The molecule has 2 aromatic heterocycles. The summed E-state index contributed by atoms with van der Waals surface area (Å²) in [6.45, 7) is 7.18. The van der Waals surface area contributed by atoms with Crippen molar-refractivity contribution in [1.82, 2.24) is 19.5 Å². The van der Waals surface area contributed by atoms with Crippen LogP contribution in [0.3, 0.4) is 0 Å². The smallest absolute Gasteiger partial charge is 0.164 e. The van der Waals surface area contributed by atoms with Crippen molar-refractivity contribution < 1.29 is 0 Å². The molecule has 0 N–H and O–H groups in total. The van der Waals surface area contributed by atoms with Crippen LogP contribution in [-0.2, 0) is 0 Å². The summed E-state index contributed by atoms with van der Waals surface area (Å²) in [4.78, 5) is 17.9. The van der Waals surface area contributed by atoms with Crippen LogP contribution in [0.4, 0.5) is 11.4 Å². The summed E-state index contributed by atoms with van der Waals surface area (Å²) < 4.78 is 2.39. The van der Waals surface area contributed by atoms with Gasteiger partial charge in [-0.1, -0.05) is 153 Å². The summed E-state index contributed by atoms with van der Waals surface area (Å²) >= 11 is 0. The molecule has 1 aliphatic heterocycles. The average molecular weight is 808 g/mol. The van der Waals surface area contributed by atoms with Crippen LogP contribution < -0.4 is 4.90 Å². The number of fused-ring (bicyclic) bond motifs is 6. The minimum absolute atomic E-state index is 0.347. The van der Waals surface area contributed by atoms with Crippen LogP contribution in [0.1, 0.15) is 18.9 Å². The number of benzene rings is 8. The van der Waals surface area contributed by atoms with Gasteiger partial charge in [-0.2, -0.15) is 0 Å². The van der Waals surface area contributed by atoms with E-state index in [2.05, 4.69) is 199 Å². The third-order valence-electron chi connectivity index (χ3n) is 12.8. The quantitative estimate of drug-likeness (QED) is 0.174. The van der Waals surface area contributed by atoms with E-state index in [1.165, 1.54) is 32.8 Å². The minimum atomic E-state index is 0.347. The fourth-order valence-corrected chi connectivity index (χ4v) is 9.66. The van der Waals surface area contributed by atoms with Crippen molar-refractivity contribution in [1.29, 1.82) is 0 Å². The standard InChI is InChI=1S/C58H41N5/c1-37-16-15-26-45-38(2)50-35-55-51(48-25-13-14-27-53(48)63(55)43-21-7-4-8-22-43)36-54(50)62(33-32-44(37)45)52-31-30-49(46-23-11-12-24-47(46)52)58-60-56(40-18-5-3-6-19-40)59-57(61-58)42-29-28-39-17-9-10-20-41(39)34-42/h3-15,17-37H,2,16H2,1H3/b33-32-. The van der Waals surface area contributed by atoms with Crippen LogP contribution in [0.2, 0.25) is 0 Å². The summed E-state index contributed by atoms with van der Waals surface area (Å²) in [6, 6.07) is 62.2. The van der Waals surface area contributed by atoms with Gasteiger partial charge < -0.3 is 9.47 Å². The summed E-state index contributed by atoms with van der Waals surface area (Å²) in [5.41, 5.74) is 13.0. The molecule has 0 amide bonds. The van der Waals surface area contributed by atoms with E-state index in [9.17, 15) is 0 Å². The van der Waals surface area contributed by atoms with Gasteiger partial charge >= 0.3 is 0 Å². The maximum Gasteiger partial charge on any atom is 0.164 e. The lowest BCUT2D eigenvalue weighted by Gasteiger charge is -2.31. The second-order valence-electron chi connectivity index (χ2n) is 16.6. The van der Waals surface area contributed by atoms with Gasteiger partial charge in [0, 0.05) is 50.3 Å². The Bertz CT molecular complexity index is 3580. The van der Waals surface area contributed by atoms with Crippen molar-refractivity contribution in [2.45, 2.75) is 13.3 Å². The van der Waals surface area contributed by atoms with Crippen LogP contribution in [0, 0.1) is 5.92 Å². The highest BCUT2D eigenvalue weighted by molar-refractivity contribution is 6.13. The molecular weight excluding hydrogens is 767 g/mol. The SMILES string of the molecule is C=C1C2=C(/C=C\N(c3ccc(-c4nc(-c5ccccc5)nc(-c5ccc6ccccc6c5)n4)c4ccccc34)c3cc4c5ccccc5n(-c5ccccc5)c4cc31)C(C)CC=C2. The highest BCUT2D eigenvalue weighted by Crippen LogP contribution is 2.47. The lowest BCUT2D eigenvalue weighted by atomic mass is 9.82. The van der Waals surface area contributed by atoms with Gasteiger partial charge in [0.1, 0.15) is 0 Å². The Balaban J connectivity index is 1.09. The molecule has 10 aromatic rings. The third kappa shape index (κ3) is 6.12. The topological polar surface area (TPSA) is 46.8 Å². The largest absolute Gasteiger partial charge is 0.316 e. The first-order valence-electron chi connectivity index (χ1n) is 21.6. The lowest BCUT2D eigenvalue weighted by molar-refractivity contribution is 0.699. The van der Waals surface area contributed by atoms with Crippen molar-refractivity contribution in [2.24, 2.45) is 5.92 Å². The Labute approximate surface area is 366 Å². The van der Waals surface area contributed by atoms with Crippen LogP contribution in [-0.4, -0.2) is 19.5 Å². The third-order valence-corrected chi connectivity index (χ3v) is 12.8. The molecule has 0 saturated heterocycles. The molecule has 5 heteroatoms. The second-order valence-corrected chi connectivity index (χ2v) is 16.6. The van der Waals surface area contributed by atoms with E-state index in [-0.39, 0.29) is 0 Å².